The maximum Gasteiger partial charge on any atom is 0.261 e. The Balaban J connectivity index is 1.96. The van der Waals surface area contributed by atoms with E-state index in [-0.39, 0.29) is 4.90 Å². The summed E-state index contributed by atoms with van der Waals surface area (Å²) in [4.78, 5) is 0.284. The molecule has 0 fully saturated rings. The number of sulfonamides is 1. The minimum absolute atomic E-state index is 0.284. The van der Waals surface area contributed by atoms with Crippen LogP contribution in [0.25, 0.3) is 0 Å². The molecule has 0 unspecified atom stereocenters. The van der Waals surface area contributed by atoms with Gasteiger partial charge in [-0.3, -0.25) is 4.72 Å². The molecule has 0 saturated carbocycles. The van der Waals surface area contributed by atoms with Crippen LogP contribution in [-0.2, 0) is 23.0 Å². The van der Waals surface area contributed by atoms with Crippen molar-refractivity contribution < 1.29 is 8.42 Å². The highest BCUT2D eigenvalue weighted by Gasteiger charge is 2.18. The number of anilines is 1. The van der Waals surface area contributed by atoms with Crippen molar-refractivity contribution in [1.82, 2.24) is 5.32 Å². The second-order valence-corrected chi connectivity index (χ2v) is 6.47. The summed E-state index contributed by atoms with van der Waals surface area (Å²) in [7, 11) is -3.52. The molecule has 5 heteroatoms. The molecule has 0 aliphatic carbocycles. The van der Waals surface area contributed by atoms with Gasteiger partial charge >= 0.3 is 0 Å². The second-order valence-electron chi connectivity index (χ2n) is 4.79. The second kappa shape index (κ2) is 5.26. The van der Waals surface area contributed by atoms with Gasteiger partial charge in [0.1, 0.15) is 0 Å². The normalized spacial score (nSPS) is 14.6. The first-order valence-electron chi connectivity index (χ1n) is 6.56. The molecule has 0 atom stereocenters. The van der Waals surface area contributed by atoms with Crippen molar-refractivity contribution in [3.63, 3.8) is 0 Å². The van der Waals surface area contributed by atoms with E-state index >= 15 is 0 Å². The van der Waals surface area contributed by atoms with Crippen molar-refractivity contribution in [3.05, 3.63) is 59.7 Å². The Morgan fingerprint density at radius 1 is 1.00 bits per heavy atom. The average Bonchev–Trinajstić information content (AvgIpc) is 2.48. The van der Waals surface area contributed by atoms with Crippen molar-refractivity contribution in [2.45, 2.75) is 17.9 Å². The Hall–Kier alpha value is -1.85. The topological polar surface area (TPSA) is 58.2 Å². The zero-order chi connectivity index (χ0) is 14.0. The molecular formula is C15H16N2O2S. The van der Waals surface area contributed by atoms with E-state index in [1.807, 2.05) is 18.2 Å². The van der Waals surface area contributed by atoms with Crippen LogP contribution >= 0.6 is 0 Å². The van der Waals surface area contributed by atoms with Gasteiger partial charge in [-0.05, 0) is 42.3 Å². The van der Waals surface area contributed by atoms with Gasteiger partial charge in [0.2, 0.25) is 0 Å². The van der Waals surface area contributed by atoms with E-state index in [2.05, 4.69) is 10.0 Å². The van der Waals surface area contributed by atoms with Crippen LogP contribution in [0.4, 0.5) is 5.69 Å². The predicted octanol–water partition coefficient (Wildman–Crippen LogP) is 2.13. The van der Waals surface area contributed by atoms with Crippen LogP contribution in [0.2, 0.25) is 0 Å². The molecule has 1 aliphatic rings. The molecule has 20 heavy (non-hydrogen) atoms. The van der Waals surface area contributed by atoms with Gasteiger partial charge in [-0.25, -0.2) is 8.42 Å². The summed E-state index contributed by atoms with van der Waals surface area (Å²) >= 11 is 0. The Morgan fingerprint density at radius 2 is 1.80 bits per heavy atom. The number of benzene rings is 2. The molecule has 0 aromatic heterocycles. The highest BCUT2D eigenvalue weighted by Crippen LogP contribution is 2.25. The van der Waals surface area contributed by atoms with E-state index < -0.39 is 10.0 Å². The first-order valence-corrected chi connectivity index (χ1v) is 8.04. The van der Waals surface area contributed by atoms with Crippen LogP contribution in [0.1, 0.15) is 11.1 Å². The fourth-order valence-corrected chi connectivity index (χ4v) is 3.54. The predicted molar refractivity (Wildman–Crippen MR) is 79.1 cm³/mol. The number of hydrogen-bond donors (Lipinski definition) is 2. The summed E-state index contributed by atoms with van der Waals surface area (Å²) < 4.78 is 27.4. The van der Waals surface area contributed by atoms with Gasteiger partial charge < -0.3 is 5.32 Å². The number of rotatable bonds is 3. The Labute approximate surface area is 118 Å². The van der Waals surface area contributed by atoms with E-state index in [1.54, 1.807) is 30.3 Å². The number of fused-ring (bicyclic) bond motifs is 1. The molecule has 3 rings (SSSR count). The summed E-state index contributed by atoms with van der Waals surface area (Å²) in [5, 5.41) is 3.29. The standard InChI is InChI=1S/C15H16N2O2S/c18-20(19,13-6-2-1-3-7-13)17-15-8-4-5-12-11-16-10-9-14(12)15/h1-8,16-17H,9-11H2. The molecule has 0 radical (unpaired) electrons. The maximum atomic E-state index is 12.4. The van der Waals surface area contributed by atoms with Crippen LogP contribution in [0.5, 0.6) is 0 Å². The minimum atomic E-state index is -3.52. The van der Waals surface area contributed by atoms with Gasteiger partial charge in [-0.1, -0.05) is 30.3 Å². The average molecular weight is 288 g/mol. The summed E-state index contributed by atoms with van der Waals surface area (Å²) in [6, 6.07) is 14.2. The van der Waals surface area contributed by atoms with Crippen LogP contribution in [0.15, 0.2) is 53.4 Å². The van der Waals surface area contributed by atoms with E-state index in [4.69, 9.17) is 0 Å². The van der Waals surface area contributed by atoms with Crippen molar-refractivity contribution in [2.75, 3.05) is 11.3 Å². The quantitative estimate of drug-likeness (QED) is 0.909. The molecule has 0 bridgehead atoms. The molecule has 0 amide bonds. The highest BCUT2D eigenvalue weighted by atomic mass is 32.2. The van der Waals surface area contributed by atoms with Crippen LogP contribution in [0, 0.1) is 0 Å². The first-order chi connectivity index (χ1) is 9.67. The highest BCUT2D eigenvalue weighted by molar-refractivity contribution is 7.92. The minimum Gasteiger partial charge on any atom is -0.312 e. The Kier molecular flexibility index (Phi) is 3.46. The molecule has 1 heterocycles. The lowest BCUT2D eigenvalue weighted by atomic mass is 9.99. The van der Waals surface area contributed by atoms with Gasteiger partial charge in [-0.15, -0.1) is 0 Å². The van der Waals surface area contributed by atoms with Crippen molar-refractivity contribution in [1.29, 1.82) is 0 Å². The Bertz CT molecular complexity index is 712. The van der Waals surface area contributed by atoms with Gasteiger partial charge in [0, 0.05) is 6.54 Å². The van der Waals surface area contributed by atoms with E-state index in [0.717, 1.165) is 30.6 Å². The largest absolute Gasteiger partial charge is 0.312 e. The smallest absolute Gasteiger partial charge is 0.261 e. The molecule has 4 nitrogen and oxygen atoms in total. The summed E-state index contributed by atoms with van der Waals surface area (Å²) in [6.45, 7) is 1.66. The van der Waals surface area contributed by atoms with Gasteiger partial charge in [0.25, 0.3) is 10.0 Å². The first kappa shape index (κ1) is 13.1. The van der Waals surface area contributed by atoms with Crippen LogP contribution in [-0.4, -0.2) is 15.0 Å². The fourth-order valence-electron chi connectivity index (χ4n) is 2.43. The van der Waals surface area contributed by atoms with Gasteiger partial charge in [0.05, 0.1) is 10.6 Å². The zero-order valence-corrected chi connectivity index (χ0v) is 11.8. The number of nitrogens with one attached hydrogen (secondary N) is 2. The monoisotopic (exact) mass is 288 g/mol. The third kappa shape index (κ3) is 2.55. The molecule has 0 saturated heterocycles. The molecule has 2 aromatic rings. The van der Waals surface area contributed by atoms with E-state index in [0.29, 0.717) is 5.69 Å². The lowest BCUT2D eigenvalue weighted by Crippen LogP contribution is -2.25. The van der Waals surface area contributed by atoms with E-state index in [1.165, 1.54) is 0 Å². The molecule has 0 spiro atoms. The Morgan fingerprint density at radius 3 is 2.60 bits per heavy atom. The van der Waals surface area contributed by atoms with Gasteiger partial charge in [0.15, 0.2) is 0 Å². The third-order valence-corrected chi connectivity index (χ3v) is 4.82. The fraction of sp³-hybridized carbons (Fsp3) is 0.200. The third-order valence-electron chi connectivity index (χ3n) is 3.44. The van der Waals surface area contributed by atoms with Crippen LogP contribution in [0.3, 0.4) is 0 Å². The molecular weight excluding hydrogens is 272 g/mol. The molecule has 1 aliphatic heterocycles. The maximum absolute atomic E-state index is 12.4. The van der Waals surface area contributed by atoms with Crippen LogP contribution < -0.4 is 10.0 Å². The lowest BCUT2D eigenvalue weighted by Gasteiger charge is -2.21. The van der Waals surface area contributed by atoms with Gasteiger partial charge in [-0.2, -0.15) is 0 Å². The SMILES string of the molecule is O=S(=O)(Nc1cccc2c1CCNC2)c1ccccc1. The summed E-state index contributed by atoms with van der Waals surface area (Å²) in [6.07, 6.45) is 0.836. The number of hydrogen-bond acceptors (Lipinski definition) is 3. The zero-order valence-electron chi connectivity index (χ0n) is 11.0. The van der Waals surface area contributed by atoms with Crippen molar-refractivity contribution >= 4 is 15.7 Å². The summed E-state index contributed by atoms with van der Waals surface area (Å²) in [5.41, 5.74) is 2.93. The van der Waals surface area contributed by atoms with E-state index in [9.17, 15) is 8.42 Å². The molecule has 2 N–H and O–H groups in total. The van der Waals surface area contributed by atoms with Crippen molar-refractivity contribution in [3.8, 4) is 0 Å². The lowest BCUT2D eigenvalue weighted by molar-refractivity contribution is 0.600. The molecule has 2 aromatic carbocycles. The molecule has 104 valence electrons. The van der Waals surface area contributed by atoms with Crippen molar-refractivity contribution in [2.24, 2.45) is 0 Å². The summed E-state index contributed by atoms with van der Waals surface area (Å²) in [5.74, 6) is 0.